The molecule has 0 aliphatic carbocycles. The number of rotatable bonds is 8. The van der Waals surface area contributed by atoms with Crippen molar-refractivity contribution in [2.75, 3.05) is 26.7 Å². The van der Waals surface area contributed by atoms with E-state index in [0.29, 0.717) is 23.9 Å². The minimum atomic E-state index is -3.53. The highest BCUT2D eigenvalue weighted by Crippen LogP contribution is 2.16. The number of sulfonamides is 1. The van der Waals surface area contributed by atoms with Gasteiger partial charge >= 0.3 is 0 Å². The first-order chi connectivity index (χ1) is 12.9. The Balaban J connectivity index is 1.76. The predicted molar refractivity (Wildman–Crippen MR) is 108 cm³/mol. The van der Waals surface area contributed by atoms with Gasteiger partial charge in [-0.3, -0.25) is 9.98 Å². The summed E-state index contributed by atoms with van der Waals surface area (Å²) >= 11 is 0. The van der Waals surface area contributed by atoms with Gasteiger partial charge in [-0.1, -0.05) is 18.2 Å². The second-order valence-corrected chi connectivity index (χ2v) is 7.90. The summed E-state index contributed by atoms with van der Waals surface area (Å²) in [7, 11) is -1.85. The summed E-state index contributed by atoms with van der Waals surface area (Å²) in [6.07, 6.45) is 2.55. The molecule has 27 heavy (non-hydrogen) atoms. The highest BCUT2D eigenvalue weighted by atomic mass is 32.2. The SMILES string of the molecule is CN=C(NCCNS(=O)(=O)c1cc(C)ccc1C)NCCc1ccccn1. The molecule has 2 rings (SSSR count). The van der Waals surface area contributed by atoms with Crippen LogP contribution in [0.25, 0.3) is 0 Å². The molecular weight excluding hydrogens is 362 g/mol. The van der Waals surface area contributed by atoms with E-state index in [4.69, 9.17) is 0 Å². The van der Waals surface area contributed by atoms with Crippen LogP contribution in [-0.4, -0.2) is 46.0 Å². The molecule has 0 unspecified atom stereocenters. The normalized spacial score (nSPS) is 12.0. The number of aliphatic imine (C=N–C) groups is 1. The lowest BCUT2D eigenvalue weighted by molar-refractivity contribution is 0.579. The molecule has 0 aliphatic rings. The van der Waals surface area contributed by atoms with Crippen LogP contribution in [0, 0.1) is 13.8 Å². The van der Waals surface area contributed by atoms with Crippen molar-refractivity contribution >= 4 is 16.0 Å². The fourth-order valence-electron chi connectivity index (χ4n) is 2.52. The van der Waals surface area contributed by atoms with Gasteiger partial charge in [0.05, 0.1) is 4.90 Å². The zero-order valence-electron chi connectivity index (χ0n) is 16.0. The van der Waals surface area contributed by atoms with E-state index < -0.39 is 10.0 Å². The average molecular weight is 390 g/mol. The summed E-state index contributed by atoms with van der Waals surface area (Å²) in [6, 6.07) is 11.2. The Morgan fingerprint density at radius 2 is 1.85 bits per heavy atom. The average Bonchev–Trinajstić information content (AvgIpc) is 2.66. The number of nitrogens with one attached hydrogen (secondary N) is 3. The molecule has 1 aromatic heterocycles. The summed E-state index contributed by atoms with van der Waals surface area (Å²) in [6.45, 7) is 5.04. The Bertz CT molecular complexity index is 867. The van der Waals surface area contributed by atoms with E-state index in [1.807, 2.05) is 37.3 Å². The molecule has 0 spiro atoms. The number of hydrogen-bond donors (Lipinski definition) is 3. The van der Waals surface area contributed by atoms with Crippen molar-refractivity contribution in [3.63, 3.8) is 0 Å². The number of pyridine rings is 1. The van der Waals surface area contributed by atoms with Gasteiger partial charge in [0.1, 0.15) is 0 Å². The number of hydrogen-bond acceptors (Lipinski definition) is 4. The van der Waals surface area contributed by atoms with Crippen molar-refractivity contribution < 1.29 is 8.42 Å². The third-order valence-corrected chi connectivity index (χ3v) is 5.57. The van der Waals surface area contributed by atoms with Crippen LogP contribution in [0.4, 0.5) is 0 Å². The van der Waals surface area contributed by atoms with E-state index in [1.54, 1.807) is 26.2 Å². The highest BCUT2D eigenvalue weighted by Gasteiger charge is 2.16. The molecular formula is C19H27N5O2S. The molecule has 0 radical (unpaired) electrons. The summed E-state index contributed by atoms with van der Waals surface area (Å²) < 4.78 is 27.5. The Labute approximate surface area is 161 Å². The predicted octanol–water partition coefficient (Wildman–Crippen LogP) is 1.38. The molecule has 0 fully saturated rings. The fraction of sp³-hybridized carbons (Fsp3) is 0.368. The van der Waals surface area contributed by atoms with Crippen LogP contribution < -0.4 is 15.4 Å². The van der Waals surface area contributed by atoms with E-state index in [2.05, 4.69) is 25.3 Å². The Kier molecular flexibility index (Phi) is 7.75. The van der Waals surface area contributed by atoms with Crippen molar-refractivity contribution in [1.82, 2.24) is 20.3 Å². The van der Waals surface area contributed by atoms with Gasteiger partial charge in [0.25, 0.3) is 0 Å². The van der Waals surface area contributed by atoms with E-state index in [0.717, 1.165) is 23.2 Å². The molecule has 8 heteroatoms. The van der Waals surface area contributed by atoms with Crippen molar-refractivity contribution in [2.24, 2.45) is 4.99 Å². The molecule has 0 saturated heterocycles. The Morgan fingerprint density at radius 1 is 1.07 bits per heavy atom. The molecule has 1 heterocycles. The first-order valence-corrected chi connectivity index (χ1v) is 10.3. The van der Waals surface area contributed by atoms with E-state index >= 15 is 0 Å². The first-order valence-electron chi connectivity index (χ1n) is 8.84. The quantitative estimate of drug-likeness (QED) is 0.360. The maximum atomic E-state index is 12.5. The van der Waals surface area contributed by atoms with Gasteiger partial charge in [0.15, 0.2) is 5.96 Å². The second-order valence-electron chi connectivity index (χ2n) is 6.16. The van der Waals surface area contributed by atoms with Crippen molar-refractivity contribution in [2.45, 2.75) is 25.2 Å². The number of aromatic nitrogens is 1. The van der Waals surface area contributed by atoms with Crippen LogP contribution >= 0.6 is 0 Å². The summed E-state index contributed by atoms with van der Waals surface area (Å²) in [5, 5.41) is 6.28. The number of benzene rings is 1. The maximum absolute atomic E-state index is 12.5. The zero-order chi connectivity index (χ0) is 19.7. The lowest BCUT2D eigenvalue weighted by Gasteiger charge is -2.13. The highest BCUT2D eigenvalue weighted by molar-refractivity contribution is 7.89. The van der Waals surface area contributed by atoms with Gasteiger partial charge in [-0.25, -0.2) is 13.1 Å². The van der Waals surface area contributed by atoms with Crippen LogP contribution in [0.15, 0.2) is 52.5 Å². The molecule has 146 valence electrons. The Morgan fingerprint density at radius 3 is 2.56 bits per heavy atom. The third-order valence-electron chi connectivity index (χ3n) is 3.97. The van der Waals surface area contributed by atoms with Gasteiger partial charge < -0.3 is 10.6 Å². The third kappa shape index (κ3) is 6.65. The number of aryl methyl sites for hydroxylation is 2. The summed E-state index contributed by atoms with van der Waals surface area (Å²) in [5.41, 5.74) is 2.64. The van der Waals surface area contributed by atoms with Gasteiger partial charge in [0, 0.05) is 45.0 Å². The molecule has 1 aromatic carbocycles. The smallest absolute Gasteiger partial charge is 0.240 e. The molecule has 7 nitrogen and oxygen atoms in total. The standard InChI is InChI=1S/C19H27N5O2S/c1-15-7-8-16(2)18(14-15)27(25,26)24-13-12-23-19(20-3)22-11-9-17-6-4-5-10-21-17/h4-8,10,14,24H,9,11-13H2,1-3H3,(H2,20,22,23). The lowest BCUT2D eigenvalue weighted by Crippen LogP contribution is -2.42. The maximum Gasteiger partial charge on any atom is 0.240 e. The zero-order valence-corrected chi connectivity index (χ0v) is 16.8. The number of nitrogens with zero attached hydrogens (tertiary/aromatic N) is 2. The number of guanidine groups is 1. The lowest BCUT2D eigenvalue weighted by atomic mass is 10.2. The van der Waals surface area contributed by atoms with E-state index in [-0.39, 0.29) is 6.54 Å². The molecule has 3 N–H and O–H groups in total. The van der Waals surface area contributed by atoms with Crippen molar-refractivity contribution in [3.8, 4) is 0 Å². The molecule has 0 amide bonds. The van der Waals surface area contributed by atoms with E-state index in [9.17, 15) is 8.42 Å². The monoisotopic (exact) mass is 389 g/mol. The molecule has 0 bridgehead atoms. The largest absolute Gasteiger partial charge is 0.356 e. The summed E-state index contributed by atoms with van der Waals surface area (Å²) in [4.78, 5) is 8.72. The second kappa shape index (κ2) is 10.0. The van der Waals surface area contributed by atoms with Crippen LogP contribution in [0.3, 0.4) is 0 Å². The molecule has 0 aliphatic heterocycles. The van der Waals surface area contributed by atoms with Crippen molar-refractivity contribution in [3.05, 3.63) is 59.4 Å². The molecule has 2 aromatic rings. The van der Waals surface area contributed by atoms with Gasteiger partial charge in [-0.05, 0) is 43.2 Å². The van der Waals surface area contributed by atoms with Crippen LogP contribution in [0.1, 0.15) is 16.8 Å². The molecule has 0 atom stereocenters. The van der Waals surface area contributed by atoms with Gasteiger partial charge in [-0.15, -0.1) is 0 Å². The minimum absolute atomic E-state index is 0.261. The van der Waals surface area contributed by atoms with Crippen LogP contribution in [-0.2, 0) is 16.4 Å². The van der Waals surface area contributed by atoms with Gasteiger partial charge in [0.2, 0.25) is 10.0 Å². The van der Waals surface area contributed by atoms with Gasteiger partial charge in [-0.2, -0.15) is 0 Å². The van der Waals surface area contributed by atoms with Crippen molar-refractivity contribution in [1.29, 1.82) is 0 Å². The summed E-state index contributed by atoms with van der Waals surface area (Å²) in [5.74, 6) is 0.622. The molecule has 0 saturated carbocycles. The van der Waals surface area contributed by atoms with Crippen LogP contribution in [0.2, 0.25) is 0 Å². The topological polar surface area (TPSA) is 95.5 Å². The van der Waals surface area contributed by atoms with Crippen LogP contribution in [0.5, 0.6) is 0 Å². The Hall–Kier alpha value is -2.45. The first kappa shape index (κ1) is 20.9. The fourth-order valence-corrected chi connectivity index (χ4v) is 3.88. The minimum Gasteiger partial charge on any atom is -0.356 e. The van der Waals surface area contributed by atoms with E-state index in [1.165, 1.54) is 0 Å².